The highest BCUT2D eigenvalue weighted by Gasteiger charge is 2.49. The Hall–Kier alpha value is -0.600. The van der Waals surface area contributed by atoms with Crippen molar-refractivity contribution >= 4 is 18.2 Å². The Balaban J connectivity index is 0.00000176. The Morgan fingerprint density at radius 1 is 1.27 bits per heavy atom. The van der Waals surface area contributed by atoms with Gasteiger partial charge in [0.1, 0.15) is 5.78 Å². The average Bonchev–Trinajstić information content (AvgIpc) is 3.13. The van der Waals surface area contributed by atoms with Gasteiger partial charge in [0.25, 0.3) is 0 Å². The number of hydrogen-bond donors (Lipinski definition) is 0. The summed E-state index contributed by atoms with van der Waals surface area (Å²) in [6, 6.07) is 0. The summed E-state index contributed by atoms with van der Waals surface area (Å²) in [6.45, 7) is 7.32. The van der Waals surface area contributed by atoms with E-state index >= 15 is 0 Å². The van der Waals surface area contributed by atoms with Gasteiger partial charge in [0.15, 0.2) is 0 Å². The number of hydrogen-bond acceptors (Lipinski definition) is 2. The number of carbonyl (C=O) groups excluding carboxylic acids is 1. The normalized spacial score (nSPS) is 32.6. The van der Waals surface area contributed by atoms with Crippen LogP contribution >= 0.6 is 12.4 Å². The molecule has 22 heavy (non-hydrogen) atoms. The van der Waals surface area contributed by atoms with Crippen molar-refractivity contribution in [3.8, 4) is 0 Å². The molecule has 0 aromatic heterocycles. The fraction of sp³-hybridized carbons (Fsp3) is 0.737. The van der Waals surface area contributed by atoms with Crippen LogP contribution in [0.5, 0.6) is 0 Å². The second-order valence-electron chi connectivity index (χ2n) is 7.16. The Morgan fingerprint density at radius 3 is 2.68 bits per heavy atom. The number of halogens is 1. The van der Waals surface area contributed by atoms with Gasteiger partial charge in [0.05, 0.1) is 5.41 Å². The molecule has 0 amide bonds. The van der Waals surface area contributed by atoms with Gasteiger partial charge >= 0.3 is 0 Å². The van der Waals surface area contributed by atoms with E-state index in [1.165, 1.54) is 44.3 Å². The molecule has 1 heterocycles. The molecule has 0 bridgehead atoms. The van der Waals surface area contributed by atoms with Crippen molar-refractivity contribution in [3.63, 3.8) is 0 Å². The molecule has 1 aliphatic heterocycles. The minimum atomic E-state index is -0.168. The first-order valence-electron chi connectivity index (χ1n) is 8.83. The van der Waals surface area contributed by atoms with Crippen LogP contribution in [-0.2, 0) is 4.79 Å². The van der Waals surface area contributed by atoms with Crippen LogP contribution in [0.3, 0.4) is 0 Å². The first kappa shape index (κ1) is 17.7. The first-order chi connectivity index (χ1) is 10.3. The molecule has 2 fully saturated rings. The number of likely N-dealkylation sites (tertiary alicyclic amines) is 1. The molecular formula is C19H30ClNO. The summed E-state index contributed by atoms with van der Waals surface area (Å²) in [6.07, 6.45) is 14.8. The molecule has 0 aromatic rings. The zero-order valence-corrected chi connectivity index (χ0v) is 14.5. The van der Waals surface area contributed by atoms with Gasteiger partial charge in [0, 0.05) is 12.5 Å². The SMILES string of the molecule is C=CCC1(C2=CCCC2)CCC(CN2CCCCC2)C1=O.Cl. The molecule has 0 spiro atoms. The molecule has 1 saturated heterocycles. The van der Waals surface area contributed by atoms with Crippen molar-refractivity contribution in [1.29, 1.82) is 0 Å². The topological polar surface area (TPSA) is 20.3 Å². The van der Waals surface area contributed by atoms with Crippen molar-refractivity contribution in [2.45, 2.75) is 57.8 Å². The van der Waals surface area contributed by atoms with Gasteiger partial charge in [-0.15, -0.1) is 19.0 Å². The number of nitrogens with zero attached hydrogens (tertiary/aromatic N) is 1. The predicted octanol–water partition coefficient (Wildman–Crippen LogP) is 4.55. The molecule has 3 heteroatoms. The third-order valence-corrected chi connectivity index (χ3v) is 5.84. The Bertz CT molecular complexity index is 439. The van der Waals surface area contributed by atoms with Crippen LogP contribution in [0, 0.1) is 11.3 Å². The standard InChI is InChI=1S/C19H29NO.ClH/c1-2-11-19(17-8-4-5-9-17)12-10-16(18(19)21)15-20-13-6-3-7-14-20;/h2,8,16H,1,3-7,9-15H2;1H. The van der Waals surface area contributed by atoms with Gasteiger partial charge in [-0.3, -0.25) is 4.79 Å². The molecule has 3 aliphatic rings. The van der Waals surface area contributed by atoms with Crippen LogP contribution in [0.2, 0.25) is 0 Å². The van der Waals surface area contributed by atoms with E-state index in [1.54, 1.807) is 0 Å². The maximum atomic E-state index is 13.2. The lowest BCUT2D eigenvalue weighted by Crippen LogP contribution is -2.38. The molecule has 2 atom stereocenters. The monoisotopic (exact) mass is 323 g/mol. The number of allylic oxidation sites excluding steroid dienone is 3. The first-order valence-corrected chi connectivity index (χ1v) is 8.83. The highest BCUT2D eigenvalue weighted by atomic mass is 35.5. The predicted molar refractivity (Wildman–Crippen MR) is 94.5 cm³/mol. The largest absolute Gasteiger partial charge is 0.303 e. The fourth-order valence-corrected chi connectivity index (χ4v) is 4.70. The summed E-state index contributed by atoms with van der Waals surface area (Å²) >= 11 is 0. The fourth-order valence-electron chi connectivity index (χ4n) is 4.70. The van der Waals surface area contributed by atoms with Gasteiger partial charge < -0.3 is 4.90 Å². The lowest BCUT2D eigenvalue weighted by molar-refractivity contribution is -0.127. The summed E-state index contributed by atoms with van der Waals surface area (Å²) in [4.78, 5) is 15.7. The van der Waals surface area contributed by atoms with Crippen LogP contribution in [0.1, 0.15) is 57.8 Å². The van der Waals surface area contributed by atoms with Gasteiger partial charge in [-0.05, 0) is 64.5 Å². The minimum absolute atomic E-state index is 0. The van der Waals surface area contributed by atoms with E-state index in [2.05, 4.69) is 17.6 Å². The number of Topliss-reactive ketones (excluding diaryl/α,β-unsaturated/α-hetero) is 1. The molecule has 0 aromatic carbocycles. The lowest BCUT2D eigenvalue weighted by atomic mass is 9.73. The zero-order chi connectivity index (χ0) is 14.7. The molecule has 3 rings (SSSR count). The number of carbonyl (C=O) groups is 1. The zero-order valence-electron chi connectivity index (χ0n) is 13.7. The molecular weight excluding hydrogens is 294 g/mol. The third kappa shape index (κ3) is 3.33. The smallest absolute Gasteiger partial charge is 0.147 e. The number of rotatable bonds is 5. The molecule has 124 valence electrons. The molecule has 2 unspecified atom stereocenters. The van der Waals surface area contributed by atoms with Gasteiger partial charge in [-0.25, -0.2) is 0 Å². The summed E-state index contributed by atoms with van der Waals surface area (Å²) in [5.74, 6) is 0.797. The lowest BCUT2D eigenvalue weighted by Gasteiger charge is -2.31. The summed E-state index contributed by atoms with van der Waals surface area (Å²) in [7, 11) is 0. The molecule has 0 radical (unpaired) electrons. The number of piperidine rings is 1. The maximum absolute atomic E-state index is 13.2. The van der Waals surface area contributed by atoms with E-state index < -0.39 is 0 Å². The Morgan fingerprint density at radius 2 is 2.05 bits per heavy atom. The molecule has 1 saturated carbocycles. The minimum Gasteiger partial charge on any atom is -0.303 e. The van der Waals surface area contributed by atoms with Crippen LogP contribution in [0.15, 0.2) is 24.3 Å². The summed E-state index contributed by atoms with van der Waals surface area (Å²) < 4.78 is 0. The Kier molecular flexibility index (Phi) is 6.28. The van der Waals surface area contributed by atoms with Crippen molar-refractivity contribution < 1.29 is 4.79 Å². The second-order valence-corrected chi connectivity index (χ2v) is 7.16. The number of ketones is 1. The van der Waals surface area contributed by atoms with Crippen LogP contribution in [0.4, 0.5) is 0 Å². The van der Waals surface area contributed by atoms with E-state index in [0.717, 1.165) is 38.6 Å². The van der Waals surface area contributed by atoms with E-state index in [1.807, 2.05) is 6.08 Å². The maximum Gasteiger partial charge on any atom is 0.147 e. The van der Waals surface area contributed by atoms with Crippen LogP contribution in [0.25, 0.3) is 0 Å². The average molecular weight is 324 g/mol. The van der Waals surface area contributed by atoms with Crippen molar-refractivity contribution in [2.24, 2.45) is 11.3 Å². The van der Waals surface area contributed by atoms with Crippen LogP contribution < -0.4 is 0 Å². The highest BCUT2D eigenvalue weighted by Crippen LogP contribution is 2.50. The van der Waals surface area contributed by atoms with E-state index in [0.29, 0.717) is 5.78 Å². The van der Waals surface area contributed by atoms with Gasteiger partial charge in [-0.1, -0.05) is 24.1 Å². The van der Waals surface area contributed by atoms with Gasteiger partial charge in [0.2, 0.25) is 0 Å². The summed E-state index contributed by atoms with van der Waals surface area (Å²) in [5, 5.41) is 0. The van der Waals surface area contributed by atoms with Crippen LogP contribution in [-0.4, -0.2) is 30.3 Å². The van der Waals surface area contributed by atoms with Crippen molar-refractivity contribution in [1.82, 2.24) is 4.90 Å². The van der Waals surface area contributed by atoms with Crippen molar-refractivity contribution in [3.05, 3.63) is 24.3 Å². The molecule has 2 nitrogen and oxygen atoms in total. The molecule has 2 aliphatic carbocycles. The van der Waals surface area contributed by atoms with E-state index in [9.17, 15) is 4.79 Å². The van der Waals surface area contributed by atoms with E-state index in [-0.39, 0.29) is 23.7 Å². The Labute approximate surface area is 141 Å². The van der Waals surface area contributed by atoms with Crippen molar-refractivity contribution in [2.75, 3.05) is 19.6 Å². The summed E-state index contributed by atoms with van der Waals surface area (Å²) in [5.41, 5.74) is 1.27. The molecule has 0 N–H and O–H groups in total. The third-order valence-electron chi connectivity index (χ3n) is 5.84. The van der Waals surface area contributed by atoms with Gasteiger partial charge in [-0.2, -0.15) is 0 Å². The second kappa shape index (κ2) is 7.79. The quantitative estimate of drug-likeness (QED) is 0.692. The highest BCUT2D eigenvalue weighted by molar-refractivity contribution is 5.92. The van der Waals surface area contributed by atoms with E-state index in [4.69, 9.17) is 0 Å².